The number of alkyl halides is 2. The largest absolute Gasteiger partial charge is 0.384 e. The topological polar surface area (TPSA) is 107 Å². The van der Waals surface area contributed by atoms with E-state index < -0.39 is 21.0 Å². The number of hydrogen-bond acceptors (Lipinski definition) is 5. The van der Waals surface area contributed by atoms with Gasteiger partial charge in [-0.25, -0.2) is 17.8 Å². The Morgan fingerprint density at radius 1 is 1.50 bits per heavy atom. The number of ether oxygens (including phenoxy) is 1. The minimum Gasteiger partial charge on any atom is -0.384 e. The molecule has 0 amide bonds. The van der Waals surface area contributed by atoms with Gasteiger partial charge >= 0.3 is 0 Å². The summed E-state index contributed by atoms with van der Waals surface area (Å²) in [5.41, 5.74) is 6.40. The second-order valence-electron chi connectivity index (χ2n) is 7.78. The highest BCUT2D eigenvalue weighted by molar-refractivity contribution is 7.90. The van der Waals surface area contributed by atoms with Crippen LogP contribution in [0.5, 0.6) is 0 Å². The standard InChI is InChI=1S/C18H24ClFN4O3S/c1-17(2)10-12(5-8-27-17)11-28(25,26)24-16-18(19,20)6-3-14(23-16)13-4-7-22-15(21)9-13/h3-4,7,9,12H,5-6,8,10-11H2,1-2H3,(H2,21,22)(H,23,24). The zero-order valence-electron chi connectivity index (χ0n) is 15.8. The highest BCUT2D eigenvalue weighted by Crippen LogP contribution is 2.33. The van der Waals surface area contributed by atoms with Crippen LogP contribution in [0.25, 0.3) is 5.70 Å². The van der Waals surface area contributed by atoms with E-state index in [0.717, 1.165) is 0 Å². The van der Waals surface area contributed by atoms with E-state index in [9.17, 15) is 12.8 Å². The normalized spacial score (nSPS) is 29.2. The lowest BCUT2D eigenvalue weighted by Gasteiger charge is -2.35. The third-order valence-corrected chi connectivity index (χ3v) is 6.42. The minimum atomic E-state index is -3.93. The van der Waals surface area contributed by atoms with Crippen LogP contribution in [0, 0.1) is 5.92 Å². The number of hydrogen-bond donors (Lipinski definition) is 2. The number of nitrogens with two attached hydrogens (primary N) is 1. The monoisotopic (exact) mass is 430 g/mol. The maximum atomic E-state index is 14.7. The van der Waals surface area contributed by atoms with Gasteiger partial charge in [0, 0.05) is 30.5 Å². The van der Waals surface area contributed by atoms with Crippen molar-refractivity contribution in [1.82, 2.24) is 10.3 Å². The second-order valence-corrected chi connectivity index (χ2v) is 10.1. The lowest BCUT2D eigenvalue weighted by Crippen LogP contribution is -2.42. The Labute approximate surface area is 169 Å². The van der Waals surface area contributed by atoms with E-state index in [1.807, 2.05) is 13.8 Å². The second kappa shape index (κ2) is 7.61. The maximum absolute atomic E-state index is 14.7. The molecule has 28 heavy (non-hydrogen) atoms. The molecule has 2 unspecified atom stereocenters. The van der Waals surface area contributed by atoms with Crippen molar-refractivity contribution in [3.05, 3.63) is 30.0 Å². The number of nitrogens with zero attached hydrogens (tertiary/aromatic N) is 2. The quantitative estimate of drug-likeness (QED) is 0.711. The zero-order valence-corrected chi connectivity index (χ0v) is 17.4. The zero-order chi connectivity index (χ0) is 20.6. The van der Waals surface area contributed by atoms with E-state index in [1.165, 1.54) is 12.3 Å². The molecule has 3 N–H and O–H groups in total. The first-order valence-electron chi connectivity index (χ1n) is 9.00. The smallest absolute Gasteiger partial charge is 0.255 e. The lowest BCUT2D eigenvalue weighted by molar-refractivity contribution is -0.0685. The van der Waals surface area contributed by atoms with E-state index in [0.29, 0.717) is 30.7 Å². The first-order chi connectivity index (χ1) is 13.0. The van der Waals surface area contributed by atoms with Crippen molar-refractivity contribution in [2.24, 2.45) is 10.3 Å². The van der Waals surface area contributed by atoms with Crippen LogP contribution in [0.15, 0.2) is 28.8 Å². The summed E-state index contributed by atoms with van der Waals surface area (Å²) < 4.78 is 49.3. The number of amidine groups is 1. The summed E-state index contributed by atoms with van der Waals surface area (Å²) in [5.74, 6) is -0.440. The molecule has 1 aromatic rings. The molecule has 3 rings (SSSR count). The fourth-order valence-corrected chi connectivity index (χ4v) is 5.11. The molecule has 3 heterocycles. The molecule has 154 valence electrons. The molecule has 0 aromatic carbocycles. The molecule has 1 saturated heterocycles. The van der Waals surface area contributed by atoms with E-state index in [-0.39, 0.29) is 29.5 Å². The Balaban J connectivity index is 1.81. The molecule has 10 heteroatoms. The van der Waals surface area contributed by atoms with Crippen molar-refractivity contribution in [1.29, 1.82) is 0 Å². The van der Waals surface area contributed by atoms with Crippen LogP contribution in [-0.4, -0.2) is 42.3 Å². The van der Waals surface area contributed by atoms with E-state index in [4.69, 9.17) is 22.1 Å². The van der Waals surface area contributed by atoms with Crippen LogP contribution < -0.4 is 11.1 Å². The summed E-state index contributed by atoms with van der Waals surface area (Å²) in [7, 11) is -3.93. The van der Waals surface area contributed by atoms with Crippen molar-refractivity contribution < 1.29 is 17.5 Å². The summed E-state index contributed by atoms with van der Waals surface area (Å²) in [6, 6.07) is 3.26. The van der Waals surface area contributed by atoms with Crippen LogP contribution in [0.2, 0.25) is 0 Å². The fraction of sp³-hybridized carbons (Fsp3) is 0.556. The number of rotatable bonds is 4. The summed E-state index contributed by atoms with van der Waals surface area (Å²) in [6.45, 7) is 4.33. The molecule has 0 saturated carbocycles. The SMILES string of the molecule is CC1(C)CC(CS(=O)(=O)N=C2NC(c3ccnc(N)c3)=CCC2(F)Cl)CCO1. The highest BCUT2D eigenvalue weighted by atomic mass is 35.5. The summed E-state index contributed by atoms with van der Waals surface area (Å²) in [6.07, 6.45) is 4.02. The van der Waals surface area contributed by atoms with Crippen molar-refractivity contribution >= 4 is 39.0 Å². The first-order valence-corrected chi connectivity index (χ1v) is 11.0. The van der Waals surface area contributed by atoms with E-state index in [1.54, 1.807) is 12.1 Å². The molecular weight excluding hydrogens is 407 g/mol. The Hall–Kier alpha value is -1.71. The van der Waals surface area contributed by atoms with Crippen molar-refractivity contribution in [3.63, 3.8) is 0 Å². The number of aromatic nitrogens is 1. The van der Waals surface area contributed by atoms with Crippen molar-refractivity contribution in [2.45, 2.75) is 43.8 Å². The van der Waals surface area contributed by atoms with Gasteiger partial charge in [-0.15, -0.1) is 4.40 Å². The predicted octanol–water partition coefficient (Wildman–Crippen LogP) is 2.84. The van der Waals surface area contributed by atoms with Crippen LogP contribution in [-0.2, 0) is 14.8 Å². The average Bonchev–Trinajstić information content (AvgIpc) is 2.55. The molecule has 2 aliphatic rings. The number of nitrogen functional groups attached to an aromatic ring is 1. The van der Waals surface area contributed by atoms with Gasteiger partial charge in [-0.1, -0.05) is 17.7 Å². The maximum Gasteiger partial charge on any atom is 0.255 e. The number of sulfonamides is 1. The number of pyridine rings is 1. The highest BCUT2D eigenvalue weighted by Gasteiger charge is 2.39. The first kappa shape index (κ1) is 21.0. The molecule has 1 aromatic heterocycles. The van der Waals surface area contributed by atoms with Gasteiger partial charge in [0.2, 0.25) is 5.13 Å². The third kappa shape index (κ3) is 5.21. The lowest BCUT2D eigenvalue weighted by atomic mass is 9.90. The molecule has 0 bridgehead atoms. The van der Waals surface area contributed by atoms with Gasteiger partial charge < -0.3 is 15.8 Å². The van der Waals surface area contributed by atoms with Gasteiger partial charge in [0.25, 0.3) is 10.0 Å². The van der Waals surface area contributed by atoms with Gasteiger partial charge in [-0.2, -0.15) is 0 Å². The van der Waals surface area contributed by atoms with Gasteiger partial charge in [0.1, 0.15) is 5.82 Å². The van der Waals surface area contributed by atoms with Crippen LogP contribution in [0.4, 0.5) is 10.2 Å². The number of anilines is 1. The van der Waals surface area contributed by atoms with Crippen molar-refractivity contribution in [3.8, 4) is 0 Å². The third-order valence-electron chi connectivity index (χ3n) is 4.73. The molecule has 0 radical (unpaired) electrons. The summed E-state index contributed by atoms with van der Waals surface area (Å²) in [4.78, 5) is 3.90. The van der Waals surface area contributed by atoms with E-state index in [2.05, 4.69) is 14.7 Å². The molecule has 2 aliphatic heterocycles. The van der Waals surface area contributed by atoms with Gasteiger partial charge in [0.05, 0.1) is 11.4 Å². The Morgan fingerprint density at radius 2 is 2.25 bits per heavy atom. The van der Waals surface area contributed by atoms with E-state index >= 15 is 0 Å². The number of allylic oxidation sites excluding steroid dienone is 1. The average molecular weight is 431 g/mol. The molecular formula is C18H24ClFN4O3S. The van der Waals surface area contributed by atoms with Gasteiger partial charge in [-0.3, -0.25) is 0 Å². The van der Waals surface area contributed by atoms with Gasteiger partial charge in [0.15, 0.2) is 5.84 Å². The van der Waals surface area contributed by atoms with Crippen LogP contribution >= 0.6 is 11.6 Å². The Bertz CT molecular complexity index is 915. The van der Waals surface area contributed by atoms with Crippen LogP contribution in [0.3, 0.4) is 0 Å². The molecule has 1 fully saturated rings. The Morgan fingerprint density at radius 3 is 2.93 bits per heavy atom. The summed E-state index contributed by atoms with van der Waals surface area (Å²) in [5, 5.41) is 0.287. The molecule has 2 atom stereocenters. The Kier molecular flexibility index (Phi) is 5.71. The fourth-order valence-electron chi connectivity index (χ4n) is 3.47. The summed E-state index contributed by atoms with van der Waals surface area (Å²) >= 11 is 5.89. The molecule has 0 aliphatic carbocycles. The van der Waals surface area contributed by atoms with Crippen molar-refractivity contribution in [2.75, 3.05) is 18.1 Å². The molecule has 7 nitrogen and oxygen atoms in total. The molecule has 0 spiro atoms. The van der Waals surface area contributed by atoms with Gasteiger partial charge in [-0.05, 0) is 44.7 Å². The number of nitrogens with one attached hydrogen (secondary N) is 1. The predicted molar refractivity (Wildman–Crippen MR) is 108 cm³/mol. The van der Waals surface area contributed by atoms with Crippen LogP contribution in [0.1, 0.15) is 38.7 Å². The minimum absolute atomic E-state index is 0.110. The number of halogens is 2.